The van der Waals surface area contributed by atoms with Crippen LogP contribution in [0.3, 0.4) is 0 Å². The van der Waals surface area contributed by atoms with E-state index in [2.05, 4.69) is 19.3 Å². The molecule has 8 nitrogen and oxygen atoms in total. The van der Waals surface area contributed by atoms with Crippen LogP contribution in [0.5, 0.6) is 0 Å². The van der Waals surface area contributed by atoms with Gasteiger partial charge in [0.2, 0.25) is 5.82 Å². The van der Waals surface area contributed by atoms with Gasteiger partial charge in [-0.25, -0.2) is 8.93 Å². The Kier molecular flexibility index (Phi) is 1.34. The van der Waals surface area contributed by atoms with Crippen LogP contribution in [-0.4, -0.2) is 31.6 Å². The van der Waals surface area contributed by atoms with E-state index in [1.54, 1.807) is 0 Å². The second-order valence-corrected chi connectivity index (χ2v) is 3.98. The SMILES string of the molecule is CN1c2nonc2C(N)=NS1(=O)=O. The Labute approximate surface area is 73.2 Å². The van der Waals surface area contributed by atoms with Gasteiger partial charge in [0.05, 0.1) is 0 Å². The molecule has 0 radical (unpaired) electrons. The minimum absolute atomic E-state index is 0.0486. The number of amidine groups is 1. The fraction of sp³-hybridized carbons (Fsp3) is 0.250. The molecule has 1 aliphatic rings. The highest BCUT2D eigenvalue weighted by Crippen LogP contribution is 2.22. The normalized spacial score (nSPS) is 19.5. The summed E-state index contributed by atoms with van der Waals surface area (Å²) in [4.78, 5) is 0. The molecule has 0 bridgehead atoms. The summed E-state index contributed by atoms with van der Waals surface area (Å²) in [7, 11) is -2.47. The number of hydrogen-bond acceptors (Lipinski definition) is 6. The van der Waals surface area contributed by atoms with Crippen LogP contribution in [0.25, 0.3) is 0 Å². The molecule has 0 unspecified atom stereocenters. The van der Waals surface area contributed by atoms with E-state index >= 15 is 0 Å². The third-order valence-corrected chi connectivity index (χ3v) is 2.86. The maximum Gasteiger partial charge on any atom is 0.347 e. The Morgan fingerprint density at radius 3 is 2.85 bits per heavy atom. The van der Waals surface area contributed by atoms with Crippen LogP contribution < -0.4 is 10.0 Å². The van der Waals surface area contributed by atoms with E-state index in [0.29, 0.717) is 0 Å². The van der Waals surface area contributed by atoms with Gasteiger partial charge in [-0.1, -0.05) is 0 Å². The fourth-order valence-corrected chi connectivity index (χ4v) is 1.69. The lowest BCUT2D eigenvalue weighted by atomic mass is 10.4. The van der Waals surface area contributed by atoms with Crippen LogP contribution in [0.15, 0.2) is 9.03 Å². The van der Waals surface area contributed by atoms with Crippen molar-refractivity contribution in [3.8, 4) is 0 Å². The molecule has 1 aliphatic heterocycles. The largest absolute Gasteiger partial charge is 0.381 e. The average molecular weight is 203 g/mol. The van der Waals surface area contributed by atoms with Crippen LogP contribution in [0.4, 0.5) is 5.82 Å². The van der Waals surface area contributed by atoms with Gasteiger partial charge in [0.25, 0.3) is 0 Å². The van der Waals surface area contributed by atoms with Gasteiger partial charge in [0.1, 0.15) is 0 Å². The maximum atomic E-state index is 11.2. The lowest BCUT2D eigenvalue weighted by molar-refractivity contribution is 0.307. The number of nitrogens with two attached hydrogens (primary N) is 1. The lowest BCUT2D eigenvalue weighted by Gasteiger charge is -2.16. The number of nitrogens with zero attached hydrogens (tertiary/aromatic N) is 4. The summed E-state index contributed by atoms with van der Waals surface area (Å²) < 4.78 is 30.8. The average Bonchev–Trinajstić information content (AvgIpc) is 2.47. The highest BCUT2D eigenvalue weighted by Gasteiger charge is 2.31. The zero-order valence-electron chi connectivity index (χ0n) is 6.50. The molecule has 2 heterocycles. The molecule has 0 fully saturated rings. The van der Waals surface area contributed by atoms with E-state index in [9.17, 15) is 8.42 Å². The second-order valence-electron chi connectivity index (χ2n) is 2.36. The van der Waals surface area contributed by atoms with Crippen molar-refractivity contribution in [1.29, 1.82) is 0 Å². The molecule has 0 spiro atoms. The Morgan fingerprint density at radius 1 is 1.46 bits per heavy atom. The molecule has 2 N–H and O–H groups in total. The molecule has 13 heavy (non-hydrogen) atoms. The van der Waals surface area contributed by atoms with Crippen LogP contribution in [0.1, 0.15) is 5.69 Å². The van der Waals surface area contributed by atoms with E-state index in [1.165, 1.54) is 7.05 Å². The smallest absolute Gasteiger partial charge is 0.347 e. The molecule has 0 saturated carbocycles. The number of hydrogen-bond donors (Lipinski definition) is 1. The van der Waals surface area contributed by atoms with Gasteiger partial charge < -0.3 is 5.73 Å². The van der Waals surface area contributed by atoms with E-state index in [0.717, 1.165) is 4.31 Å². The van der Waals surface area contributed by atoms with Crippen LogP contribution in [0, 0.1) is 0 Å². The first-order chi connectivity index (χ1) is 6.02. The maximum absolute atomic E-state index is 11.2. The van der Waals surface area contributed by atoms with Gasteiger partial charge in [-0.05, 0) is 10.3 Å². The van der Waals surface area contributed by atoms with Gasteiger partial charge in [0.15, 0.2) is 11.5 Å². The van der Waals surface area contributed by atoms with Crippen molar-refractivity contribution < 1.29 is 13.0 Å². The quantitative estimate of drug-likeness (QED) is 0.547. The second kappa shape index (κ2) is 2.19. The van der Waals surface area contributed by atoms with Gasteiger partial charge in [-0.15, -0.1) is 4.40 Å². The zero-order chi connectivity index (χ0) is 9.64. The molecule has 70 valence electrons. The monoisotopic (exact) mass is 203 g/mol. The summed E-state index contributed by atoms with van der Waals surface area (Å²) in [6, 6.07) is 0. The van der Waals surface area contributed by atoms with E-state index < -0.39 is 10.2 Å². The summed E-state index contributed by atoms with van der Waals surface area (Å²) in [6.45, 7) is 0. The molecule has 0 aliphatic carbocycles. The Bertz CT molecular complexity index is 474. The minimum Gasteiger partial charge on any atom is -0.381 e. The summed E-state index contributed by atoms with van der Waals surface area (Å²) >= 11 is 0. The van der Waals surface area contributed by atoms with Crippen LogP contribution in [-0.2, 0) is 10.2 Å². The molecule has 0 amide bonds. The van der Waals surface area contributed by atoms with E-state index in [1.807, 2.05) is 0 Å². The first kappa shape index (κ1) is 7.98. The highest BCUT2D eigenvalue weighted by molar-refractivity contribution is 7.91. The predicted octanol–water partition coefficient (Wildman–Crippen LogP) is -1.53. The van der Waals surface area contributed by atoms with Crippen molar-refractivity contribution in [3.63, 3.8) is 0 Å². The highest BCUT2D eigenvalue weighted by atomic mass is 32.2. The molecule has 2 rings (SSSR count). The predicted molar refractivity (Wildman–Crippen MR) is 42.3 cm³/mol. The van der Waals surface area contributed by atoms with Gasteiger partial charge >= 0.3 is 10.2 Å². The molecule has 0 atom stereocenters. The van der Waals surface area contributed by atoms with Crippen molar-refractivity contribution in [1.82, 2.24) is 10.3 Å². The lowest BCUT2D eigenvalue weighted by Crippen LogP contribution is -2.34. The van der Waals surface area contributed by atoms with Crippen molar-refractivity contribution in [3.05, 3.63) is 5.69 Å². The first-order valence-electron chi connectivity index (χ1n) is 3.19. The van der Waals surface area contributed by atoms with Gasteiger partial charge in [-0.3, -0.25) is 0 Å². The summed E-state index contributed by atoms with van der Waals surface area (Å²) in [5, 5.41) is 6.79. The molecule has 0 aromatic carbocycles. The third-order valence-electron chi connectivity index (χ3n) is 1.57. The zero-order valence-corrected chi connectivity index (χ0v) is 7.32. The number of rotatable bonds is 0. The standard InChI is InChI=1S/C4H5N5O3S/c1-9-4-2(6-12-7-4)3(5)8-13(9,10)11/h1H3,(H2,5,8). The third kappa shape index (κ3) is 0.967. The topological polar surface area (TPSA) is 115 Å². The fourth-order valence-electron chi connectivity index (χ4n) is 0.890. The molecule has 1 aromatic rings. The van der Waals surface area contributed by atoms with Crippen LogP contribution >= 0.6 is 0 Å². The molecule has 1 aromatic heterocycles. The first-order valence-corrected chi connectivity index (χ1v) is 4.59. The number of aromatic nitrogens is 2. The number of fused-ring (bicyclic) bond motifs is 1. The molecule has 9 heteroatoms. The van der Waals surface area contributed by atoms with Gasteiger partial charge in [-0.2, -0.15) is 8.42 Å². The van der Waals surface area contributed by atoms with Crippen molar-refractivity contribution in [2.24, 2.45) is 10.1 Å². The van der Waals surface area contributed by atoms with Crippen molar-refractivity contribution >= 4 is 21.9 Å². The summed E-state index contributed by atoms with van der Waals surface area (Å²) in [5.41, 5.74) is 5.45. The van der Waals surface area contributed by atoms with E-state index in [4.69, 9.17) is 5.73 Å². The Hall–Kier alpha value is -1.64. The number of anilines is 1. The minimum atomic E-state index is -3.76. The molecular formula is C4H5N5O3S. The van der Waals surface area contributed by atoms with Crippen molar-refractivity contribution in [2.75, 3.05) is 11.4 Å². The van der Waals surface area contributed by atoms with Gasteiger partial charge in [0, 0.05) is 7.05 Å². The summed E-state index contributed by atoms with van der Waals surface area (Å²) in [6.07, 6.45) is 0. The molecule has 0 saturated heterocycles. The molecular weight excluding hydrogens is 198 g/mol. The Morgan fingerprint density at radius 2 is 2.15 bits per heavy atom. The Balaban J connectivity index is 2.74. The van der Waals surface area contributed by atoms with Crippen LogP contribution in [0.2, 0.25) is 0 Å². The van der Waals surface area contributed by atoms with E-state index in [-0.39, 0.29) is 17.3 Å². The van der Waals surface area contributed by atoms with Crippen molar-refractivity contribution in [2.45, 2.75) is 0 Å². The summed E-state index contributed by atoms with van der Waals surface area (Å²) in [5.74, 6) is -0.165.